The second-order valence-corrected chi connectivity index (χ2v) is 4.21. The first kappa shape index (κ1) is 10.8. The van der Waals surface area contributed by atoms with E-state index in [-0.39, 0.29) is 11.8 Å². The largest absolute Gasteiger partial charge is 0.345 e. The van der Waals surface area contributed by atoms with Gasteiger partial charge in [-0.15, -0.1) is 0 Å². The van der Waals surface area contributed by atoms with Crippen molar-refractivity contribution in [3.05, 3.63) is 35.9 Å². The minimum atomic E-state index is 0.148. The van der Waals surface area contributed by atoms with Gasteiger partial charge >= 0.3 is 0 Å². The molecule has 0 bridgehead atoms. The molecular weight excluding hydrogens is 198 g/mol. The summed E-state index contributed by atoms with van der Waals surface area (Å²) < 4.78 is 0. The number of carbonyl (C=O) groups is 1. The van der Waals surface area contributed by atoms with E-state index in [1.807, 2.05) is 30.3 Å². The Balaban J connectivity index is 1.76. The molecule has 1 aliphatic rings. The summed E-state index contributed by atoms with van der Waals surface area (Å²) in [6, 6.07) is 9.78. The van der Waals surface area contributed by atoms with E-state index in [2.05, 4.69) is 24.1 Å². The molecule has 1 aromatic rings. The molecule has 0 heterocycles. The van der Waals surface area contributed by atoms with Crippen molar-refractivity contribution < 1.29 is 4.79 Å². The fourth-order valence-corrected chi connectivity index (χ4v) is 1.62. The Morgan fingerprint density at radius 1 is 1.44 bits per heavy atom. The second-order valence-electron chi connectivity index (χ2n) is 4.21. The van der Waals surface area contributed by atoms with Gasteiger partial charge in [0.05, 0.1) is 6.54 Å². The summed E-state index contributed by atoms with van der Waals surface area (Å²) in [5.74, 6) is 6.89. The molecule has 2 atom stereocenters. The average Bonchev–Trinajstić information content (AvgIpc) is 3.03. The van der Waals surface area contributed by atoms with Gasteiger partial charge in [0.1, 0.15) is 0 Å². The van der Waals surface area contributed by atoms with E-state index in [0.29, 0.717) is 12.5 Å². The quantitative estimate of drug-likeness (QED) is 0.746. The number of hydrogen-bond acceptors (Lipinski definition) is 1. The van der Waals surface area contributed by atoms with Crippen molar-refractivity contribution in [2.45, 2.75) is 13.3 Å². The molecule has 2 unspecified atom stereocenters. The highest BCUT2D eigenvalue weighted by Crippen LogP contribution is 2.37. The lowest BCUT2D eigenvalue weighted by molar-refractivity contribution is -0.122. The zero-order chi connectivity index (χ0) is 11.4. The van der Waals surface area contributed by atoms with Crippen molar-refractivity contribution in [3.63, 3.8) is 0 Å². The lowest BCUT2D eigenvalue weighted by atomic mass is 10.2. The summed E-state index contributed by atoms with van der Waals surface area (Å²) in [5.41, 5.74) is 0.983. The van der Waals surface area contributed by atoms with Gasteiger partial charge in [0.25, 0.3) is 0 Å². The molecule has 0 spiro atoms. The highest BCUT2D eigenvalue weighted by atomic mass is 16.2. The second kappa shape index (κ2) is 4.85. The number of nitrogens with one attached hydrogen (secondary N) is 1. The number of benzene rings is 1. The van der Waals surface area contributed by atoms with Crippen LogP contribution in [0.25, 0.3) is 0 Å². The van der Waals surface area contributed by atoms with Gasteiger partial charge < -0.3 is 5.32 Å². The Labute approximate surface area is 96.1 Å². The Morgan fingerprint density at radius 2 is 2.12 bits per heavy atom. The maximum absolute atomic E-state index is 11.4. The predicted octanol–water partition coefficient (Wildman–Crippen LogP) is 1.81. The Bertz CT molecular complexity index is 427. The molecule has 1 aromatic carbocycles. The van der Waals surface area contributed by atoms with Gasteiger partial charge in [-0.05, 0) is 24.5 Å². The van der Waals surface area contributed by atoms with Crippen LogP contribution in [0.3, 0.4) is 0 Å². The van der Waals surface area contributed by atoms with Crippen LogP contribution in [-0.4, -0.2) is 12.5 Å². The summed E-state index contributed by atoms with van der Waals surface area (Å²) in [6.07, 6.45) is 1.03. The van der Waals surface area contributed by atoms with Gasteiger partial charge in [0, 0.05) is 11.5 Å². The normalized spacial score (nSPS) is 21.8. The first-order valence-corrected chi connectivity index (χ1v) is 5.59. The monoisotopic (exact) mass is 213 g/mol. The van der Waals surface area contributed by atoms with E-state index < -0.39 is 0 Å². The van der Waals surface area contributed by atoms with Crippen molar-refractivity contribution in [2.24, 2.45) is 11.8 Å². The van der Waals surface area contributed by atoms with Gasteiger partial charge in [-0.2, -0.15) is 0 Å². The smallest absolute Gasteiger partial charge is 0.224 e. The standard InChI is InChI=1S/C14H15NO/c1-11-10-13(11)14(16)15-9-5-8-12-6-3-2-4-7-12/h2-4,6-7,11,13H,9-10H2,1H3,(H,15,16). The molecule has 82 valence electrons. The Hall–Kier alpha value is -1.75. The van der Waals surface area contributed by atoms with Crippen LogP contribution in [0.15, 0.2) is 30.3 Å². The van der Waals surface area contributed by atoms with Crippen molar-refractivity contribution in [1.29, 1.82) is 0 Å². The minimum Gasteiger partial charge on any atom is -0.345 e. The molecule has 2 nitrogen and oxygen atoms in total. The van der Waals surface area contributed by atoms with Crippen molar-refractivity contribution in [1.82, 2.24) is 5.32 Å². The third kappa shape index (κ3) is 2.87. The van der Waals surface area contributed by atoms with Gasteiger partial charge in [0.2, 0.25) is 5.91 Å². The fraction of sp³-hybridized carbons (Fsp3) is 0.357. The minimum absolute atomic E-state index is 0.148. The third-order valence-corrected chi connectivity index (χ3v) is 2.80. The number of amides is 1. The van der Waals surface area contributed by atoms with Crippen LogP contribution in [0.1, 0.15) is 18.9 Å². The molecule has 0 radical (unpaired) electrons. The topological polar surface area (TPSA) is 29.1 Å². The molecule has 2 rings (SSSR count). The molecular formula is C14H15NO. The highest BCUT2D eigenvalue weighted by Gasteiger charge is 2.38. The molecule has 0 aliphatic heterocycles. The number of hydrogen-bond donors (Lipinski definition) is 1. The van der Waals surface area contributed by atoms with Crippen LogP contribution in [0.2, 0.25) is 0 Å². The predicted molar refractivity (Wildman–Crippen MR) is 63.6 cm³/mol. The molecule has 1 aliphatic carbocycles. The molecule has 0 saturated heterocycles. The SMILES string of the molecule is CC1CC1C(=O)NCC#Cc1ccccc1. The zero-order valence-electron chi connectivity index (χ0n) is 9.36. The molecule has 2 heteroatoms. The summed E-state index contributed by atoms with van der Waals surface area (Å²) in [5, 5.41) is 2.83. The first-order valence-electron chi connectivity index (χ1n) is 5.59. The number of carbonyl (C=O) groups excluding carboxylic acids is 1. The van der Waals surface area contributed by atoms with E-state index in [9.17, 15) is 4.79 Å². The van der Waals surface area contributed by atoms with Gasteiger partial charge in [-0.3, -0.25) is 4.79 Å². The lowest BCUT2D eigenvalue weighted by Crippen LogP contribution is -2.25. The first-order chi connectivity index (χ1) is 7.77. The maximum Gasteiger partial charge on any atom is 0.224 e. The Kier molecular flexibility index (Phi) is 3.26. The molecule has 1 fully saturated rings. The van der Waals surface area contributed by atoms with Crippen LogP contribution < -0.4 is 5.32 Å². The summed E-state index contributed by atoms with van der Waals surface area (Å²) in [4.78, 5) is 11.4. The van der Waals surface area contributed by atoms with Crippen molar-refractivity contribution in [3.8, 4) is 11.8 Å². The van der Waals surface area contributed by atoms with E-state index in [0.717, 1.165) is 12.0 Å². The fourth-order valence-electron chi connectivity index (χ4n) is 1.62. The van der Waals surface area contributed by atoms with Crippen LogP contribution in [-0.2, 0) is 4.79 Å². The lowest BCUT2D eigenvalue weighted by Gasteiger charge is -1.97. The van der Waals surface area contributed by atoms with Crippen LogP contribution >= 0.6 is 0 Å². The molecule has 0 aromatic heterocycles. The zero-order valence-corrected chi connectivity index (χ0v) is 9.36. The van der Waals surface area contributed by atoms with Crippen molar-refractivity contribution in [2.75, 3.05) is 6.54 Å². The van der Waals surface area contributed by atoms with E-state index in [1.165, 1.54) is 0 Å². The average molecular weight is 213 g/mol. The molecule has 1 saturated carbocycles. The summed E-state index contributed by atoms with van der Waals surface area (Å²) >= 11 is 0. The van der Waals surface area contributed by atoms with E-state index >= 15 is 0 Å². The van der Waals surface area contributed by atoms with Gasteiger partial charge in [-0.25, -0.2) is 0 Å². The Morgan fingerprint density at radius 3 is 2.75 bits per heavy atom. The van der Waals surface area contributed by atoms with Crippen LogP contribution in [0.4, 0.5) is 0 Å². The third-order valence-electron chi connectivity index (χ3n) is 2.80. The molecule has 1 amide bonds. The molecule has 1 N–H and O–H groups in total. The van der Waals surface area contributed by atoms with E-state index in [1.54, 1.807) is 0 Å². The van der Waals surface area contributed by atoms with Crippen molar-refractivity contribution >= 4 is 5.91 Å². The highest BCUT2D eigenvalue weighted by molar-refractivity contribution is 5.81. The van der Waals surface area contributed by atoms with Crippen LogP contribution in [0, 0.1) is 23.7 Å². The summed E-state index contributed by atoms with van der Waals surface area (Å²) in [6.45, 7) is 2.54. The number of rotatable bonds is 2. The van der Waals surface area contributed by atoms with Gasteiger partial charge in [-0.1, -0.05) is 37.0 Å². The van der Waals surface area contributed by atoms with Crippen LogP contribution in [0.5, 0.6) is 0 Å². The molecule has 16 heavy (non-hydrogen) atoms. The summed E-state index contributed by atoms with van der Waals surface area (Å²) in [7, 11) is 0. The maximum atomic E-state index is 11.4. The van der Waals surface area contributed by atoms with E-state index in [4.69, 9.17) is 0 Å². The van der Waals surface area contributed by atoms with Gasteiger partial charge in [0.15, 0.2) is 0 Å².